The smallest absolute Gasteiger partial charge is 0.296 e. The van der Waals surface area contributed by atoms with Crippen molar-refractivity contribution in [3.05, 3.63) is 29.8 Å². The van der Waals surface area contributed by atoms with Crippen LogP contribution in [0.2, 0.25) is 0 Å². The highest BCUT2D eigenvalue weighted by atomic mass is 32.2. The molecule has 0 saturated heterocycles. The summed E-state index contributed by atoms with van der Waals surface area (Å²) in [5.74, 6) is 0. The third-order valence-corrected chi connectivity index (χ3v) is 5.36. The first-order valence-electron chi connectivity index (χ1n) is 7.04. The fraction of sp³-hybridized carbons (Fsp3) is 0.600. The molecule has 1 aliphatic carbocycles. The van der Waals surface area contributed by atoms with E-state index in [1.807, 2.05) is 6.92 Å². The first kappa shape index (κ1) is 15.5. The highest BCUT2D eigenvalue weighted by molar-refractivity contribution is 7.86. The zero-order chi connectivity index (χ0) is 14.6. The Bertz CT molecular complexity index is 527. The highest BCUT2D eigenvalue weighted by Crippen LogP contribution is 2.36. The van der Waals surface area contributed by atoms with Gasteiger partial charge in [0.05, 0.1) is 18.1 Å². The normalized spacial score (nSPS) is 18.9. The fourth-order valence-electron chi connectivity index (χ4n) is 2.63. The van der Waals surface area contributed by atoms with Gasteiger partial charge in [0, 0.05) is 5.41 Å². The Hall–Kier alpha value is -0.910. The number of benzene rings is 1. The number of aryl methyl sites for hydroxylation is 1. The molecule has 0 unspecified atom stereocenters. The third kappa shape index (κ3) is 3.59. The molecule has 1 fully saturated rings. The topological polar surface area (TPSA) is 63.6 Å². The number of aliphatic hydroxyl groups is 1. The molecule has 0 bridgehead atoms. The maximum absolute atomic E-state index is 12.1. The van der Waals surface area contributed by atoms with Crippen molar-refractivity contribution in [2.45, 2.75) is 43.9 Å². The molecule has 0 radical (unpaired) electrons. The lowest BCUT2D eigenvalue weighted by Gasteiger charge is -2.34. The standard InChI is InChI=1S/C15H22O4S/c1-13-5-7-14(8-6-13)20(17,18)19-12-15(11-16)9-3-2-4-10-15/h5-8,16H,2-4,9-12H2,1H3. The van der Waals surface area contributed by atoms with Gasteiger partial charge in [-0.1, -0.05) is 37.0 Å². The van der Waals surface area contributed by atoms with Gasteiger partial charge in [0.1, 0.15) is 0 Å². The zero-order valence-corrected chi connectivity index (χ0v) is 12.7. The lowest BCUT2D eigenvalue weighted by Crippen LogP contribution is -2.34. The second kappa shape index (κ2) is 6.24. The molecule has 0 heterocycles. The largest absolute Gasteiger partial charge is 0.396 e. The summed E-state index contributed by atoms with van der Waals surface area (Å²) in [5, 5.41) is 9.57. The average Bonchev–Trinajstić information content (AvgIpc) is 2.47. The lowest BCUT2D eigenvalue weighted by atomic mass is 9.75. The van der Waals surface area contributed by atoms with Gasteiger partial charge in [-0.2, -0.15) is 8.42 Å². The van der Waals surface area contributed by atoms with E-state index in [2.05, 4.69) is 0 Å². The summed E-state index contributed by atoms with van der Waals surface area (Å²) in [7, 11) is -3.74. The predicted octanol–water partition coefficient (Wildman–Crippen LogP) is 2.64. The number of aliphatic hydroxyl groups excluding tert-OH is 1. The van der Waals surface area contributed by atoms with Crippen LogP contribution in [0.4, 0.5) is 0 Å². The van der Waals surface area contributed by atoms with Gasteiger partial charge >= 0.3 is 0 Å². The van der Waals surface area contributed by atoms with Crippen molar-refractivity contribution in [3.8, 4) is 0 Å². The summed E-state index contributed by atoms with van der Waals surface area (Å²) in [6.45, 7) is 1.95. The van der Waals surface area contributed by atoms with Crippen molar-refractivity contribution in [2.24, 2.45) is 5.41 Å². The molecule has 1 saturated carbocycles. The molecular weight excluding hydrogens is 276 g/mol. The predicted molar refractivity (Wildman–Crippen MR) is 76.9 cm³/mol. The van der Waals surface area contributed by atoms with Crippen LogP contribution in [0.15, 0.2) is 29.2 Å². The summed E-state index contributed by atoms with van der Waals surface area (Å²) in [5.41, 5.74) is 0.610. The van der Waals surface area contributed by atoms with Crippen LogP contribution in [-0.2, 0) is 14.3 Å². The summed E-state index contributed by atoms with van der Waals surface area (Å²) in [6, 6.07) is 6.60. The summed E-state index contributed by atoms with van der Waals surface area (Å²) in [6.07, 6.45) is 4.84. The number of rotatable bonds is 5. The van der Waals surface area contributed by atoms with E-state index in [4.69, 9.17) is 4.18 Å². The monoisotopic (exact) mass is 298 g/mol. The van der Waals surface area contributed by atoms with Crippen molar-refractivity contribution < 1.29 is 17.7 Å². The second-order valence-electron chi connectivity index (χ2n) is 5.75. The van der Waals surface area contributed by atoms with Crippen molar-refractivity contribution in [3.63, 3.8) is 0 Å². The van der Waals surface area contributed by atoms with Gasteiger partial charge in [-0.05, 0) is 31.9 Å². The van der Waals surface area contributed by atoms with Crippen molar-refractivity contribution >= 4 is 10.1 Å². The van der Waals surface area contributed by atoms with Crippen LogP contribution in [-0.4, -0.2) is 26.7 Å². The highest BCUT2D eigenvalue weighted by Gasteiger charge is 2.33. The lowest BCUT2D eigenvalue weighted by molar-refractivity contribution is 0.0357. The van der Waals surface area contributed by atoms with E-state index in [1.165, 1.54) is 0 Å². The van der Waals surface area contributed by atoms with Gasteiger partial charge in [-0.25, -0.2) is 0 Å². The van der Waals surface area contributed by atoms with E-state index in [0.717, 1.165) is 37.7 Å². The van der Waals surface area contributed by atoms with E-state index in [9.17, 15) is 13.5 Å². The van der Waals surface area contributed by atoms with Crippen LogP contribution in [0, 0.1) is 12.3 Å². The summed E-state index contributed by atoms with van der Waals surface area (Å²) >= 11 is 0. The van der Waals surface area contributed by atoms with E-state index < -0.39 is 15.5 Å². The number of hydrogen-bond acceptors (Lipinski definition) is 4. The number of hydrogen-bond donors (Lipinski definition) is 1. The van der Waals surface area contributed by atoms with Crippen LogP contribution < -0.4 is 0 Å². The second-order valence-corrected chi connectivity index (χ2v) is 7.36. The van der Waals surface area contributed by atoms with E-state index in [1.54, 1.807) is 24.3 Å². The van der Waals surface area contributed by atoms with Crippen molar-refractivity contribution in [1.82, 2.24) is 0 Å². The molecule has 0 spiro atoms. The van der Waals surface area contributed by atoms with Gasteiger partial charge < -0.3 is 5.11 Å². The molecule has 1 aromatic rings. The Morgan fingerprint density at radius 2 is 1.75 bits per heavy atom. The third-order valence-electron chi connectivity index (χ3n) is 4.08. The average molecular weight is 298 g/mol. The van der Waals surface area contributed by atoms with E-state index in [0.29, 0.717) is 0 Å². The Morgan fingerprint density at radius 3 is 2.30 bits per heavy atom. The van der Waals surface area contributed by atoms with E-state index >= 15 is 0 Å². The van der Waals surface area contributed by atoms with Crippen molar-refractivity contribution in [2.75, 3.05) is 13.2 Å². The molecule has 0 aliphatic heterocycles. The Balaban J connectivity index is 2.06. The molecule has 112 valence electrons. The Morgan fingerprint density at radius 1 is 1.15 bits per heavy atom. The van der Waals surface area contributed by atoms with Crippen LogP contribution >= 0.6 is 0 Å². The minimum atomic E-state index is -3.74. The van der Waals surface area contributed by atoms with Gasteiger partial charge in [-0.15, -0.1) is 0 Å². The first-order chi connectivity index (χ1) is 9.47. The SMILES string of the molecule is Cc1ccc(S(=O)(=O)OCC2(CO)CCCCC2)cc1. The molecule has 0 atom stereocenters. The summed E-state index contributed by atoms with van der Waals surface area (Å²) in [4.78, 5) is 0.173. The first-order valence-corrected chi connectivity index (χ1v) is 8.45. The van der Waals surface area contributed by atoms with Gasteiger partial charge in [-0.3, -0.25) is 4.18 Å². The Kier molecular flexibility index (Phi) is 4.83. The van der Waals surface area contributed by atoms with Crippen LogP contribution in [0.3, 0.4) is 0 Å². The minimum absolute atomic E-state index is 0.0174. The van der Waals surface area contributed by atoms with Crippen LogP contribution in [0.25, 0.3) is 0 Å². The van der Waals surface area contributed by atoms with Crippen molar-refractivity contribution in [1.29, 1.82) is 0 Å². The molecule has 4 nitrogen and oxygen atoms in total. The maximum atomic E-state index is 12.1. The Labute approximate surface area is 120 Å². The van der Waals surface area contributed by atoms with E-state index in [-0.39, 0.29) is 18.1 Å². The molecule has 0 amide bonds. The minimum Gasteiger partial charge on any atom is -0.396 e. The molecule has 20 heavy (non-hydrogen) atoms. The van der Waals surface area contributed by atoms with Gasteiger partial charge in [0.15, 0.2) is 0 Å². The molecular formula is C15H22O4S. The quantitative estimate of drug-likeness (QED) is 0.849. The van der Waals surface area contributed by atoms with Crippen LogP contribution in [0.5, 0.6) is 0 Å². The molecule has 0 aromatic heterocycles. The molecule has 5 heteroatoms. The van der Waals surface area contributed by atoms with Crippen LogP contribution in [0.1, 0.15) is 37.7 Å². The molecule has 1 aliphatic rings. The summed E-state index contributed by atoms with van der Waals surface area (Å²) < 4.78 is 29.5. The molecule has 1 N–H and O–H groups in total. The molecule has 1 aromatic carbocycles. The van der Waals surface area contributed by atoms with Gasteiger partial charge in [0.2, 0.25) is 0 Å². The fourth-order valence-corrected chi connectivity index (χ4v) is 3.64. The zero-order valence-electron chi connectivity index (χ0n) is 11.8. The van der Waals surface area contributed by atoms with Gasteiger partial charge in [0.25, 0.3) is 10.1 Å². The molecule has 2 rings (SSSR count). The maximum Gasteiger partial charge on any atom is 0.296 e.